The van der Waals surface area contributed by atoms with Crippen LogP contribution in [0.3, 0.4) is 0 Å². The fourth-order valence-electron chi connectivity index (χ4n) is 1.40. The zero-order valence-corrected chi connectivity index (χ0v) is 8.76. The monoisotopic (exact) mass is 179 g/mol. The topological polar surface area (TPSA) is 20.2 Å². The summed E-state index contributed by atoms with van der Waals surface area (Å²) in [4.78, 5) is 0. The molecule has 0 spiro atoms. The molecule has 0 unspecified atom stereocenters. The fourth-order valence-corrected chi connectivity index (χ4v) is 1.40. The number of rotatable bonds is 2. The first-order valence-corrected chi connectivity index (χ1v) is 4.77. The molecule has 1 N–H and O–H groups in total. The second-order valence-electron chi connectivity index (χ2n) is 4.02. The van der Waals surface area contributed by atoms with Gasteiger partial charge in [0, 0.05) is 0 Å². The Morgan fingerprint density at radius 1 is 1.08 bits per heavy atom. The van der Waals surface area contributed by atoms with Crippen molar-refractivity contribution in [2.24, 2.45) is 0 Å². The maximum Gasteiger partial charge on any atom is 0.122 e. The number of aromatic hydroxyl groups is 1. The molecule has 1 aromatic carbocycles. The van der Waals surface area contributed by atoms with Crippen LogP contribution in [0.1, 0.15) is 52.0 Å². The molecule has 0 bridgehead atoms. The quantitative estimate of drug-likeness (QED) is 0.735. The number of phenols is 1. The maximum atomic E-state index is 9.97. The molecule has 0 amide bonds. The zero-order chi connectivity index (χ0) is 10.9. The minimum absolute atomic E-state index is 0.262. The molecule has 0 saturated carbocycles. The fraction of sp³-hybridized carbons (Fsp3) is 0.500. The first-order valence-electron chi connectivity index (χ1n) is 5.27. The average Bonchev–Trinajstić information content (AvgIpc) is 2.07. The highest BCUT2D eigenvalue weighted by Gasteiger charge is 2.11. The number of para-hydroxylation sites is 1. The highest BCUT2D eigenvalue weighted by atomic mass is 16.3. The highest BCUT2D eigenvalue weighted by molar-refractivity contribution is 5.43. The van der Waals surface area contributed by atoms with Crippen LogP contribution < -0.4 is 0 Å². The Bertz CT molecular complexity index is 300. The van der Waals surface area contributed by atoms with Crippen molar-refractivity contribution >= 4 is 0 Å². The Hall–Kier alpha value is -0.980. The largest absolute Gasteiger partial charge is 0.507 e. The molecule has 0 aliphatic rings. The number of phenolic OH excluding ortho intramolecular Hbond substituents is 1. The van der Waals surface area contributed by atoms with Gasteiger partial charge in [-0.25, -0.2) is 0 Å². The molecule has 1 heteroatoms. The van der Waals surface area contributed by atoms with Crippen LogP contribution in [-0.4, -0.2) is 5.11 Å². The van der Waals surface area contributed by atoms with E-state index < -0.39 is 0 Å². The Labute approximate surface area is 81.8 Å². The molecule has 0 aliphatic heterocycles. The van der Waals surface area contributed by atoms with Gasteiger partial charge in [-0.1, -0.05) is 45.9 Å². The third kappa shape index (κ3) is 2.03. The third-order valence-electron chi connectivity index (χ3n) is 2.27. The van der Waals surface area contributed by atoms with E-state index in [1.807, 2.05) is 27.7 Å². The summed E-state index contributed by atoms with van der Waals surface area (Å²) in [6.45, 7) is 8.11. The van der Waals surface area contributed by atoms with Crippen molar-refractivity contribution in [3.63, 3.8) is 0 Å². The predicted octanol–water partition coefficient (Wildman–Crippen LogP) is 3.64. The summed E-state index contributed by atoms with van der Waals surface area (Å²) >= 11 is 0. The van der Waals surface area contributed by atoms with E-state index >= 15 is 0 Å². The second-order valence-corrected chi connectivity index (χ2v) is 4.02. The molecule has 1 rings (SSSR count). The molecular weight excluding hydrogens is 160 g/mol. The molecule has 72 valence electrons. The molecule has 0 atom stereocenters. The Kier molecular flexibility index (Phi) is 2.53. The number of hydrogen-bond acceptors (Lipinski definition) is 1. The van der Waals surface area contributed by atoms with Crippen LogP contribution >= 0.6 is 0 Å². The van der Waals surface area contributed by atoms with Crippen molar-refractivity contribution in [1.82, 2.24) is 0 Å². The minimum Gasteiger partial charge on any atom is -0.507 e. The summed E-state index contributed by atoms with van der Waals surface area (Å²) in [6.07, 6.45) is 0. The molecule has 0 aromatic heterocycles. The predicted molar refractivity (Wildman–Crippen MR) is 56.3 cm³/mol. The maximum absolute atomic E-state index is 9.97. The Balaban J connectivity index is 3.32. The van der Waals surface area contributed by atoms with Gasteiger partial charge in [-0.3, -0.25) is 0 Å². The van der Waals surface area contributed by atoms with Crippen LogP contribution in [0.15, 0.2) is 18.2 Å². The Morgan fingerprint density at radius 2 is 1.46 bits per heavy atom. The molecule has 1 aromatic rings. The smallest absolute Gasteiger partial charge is 0.122 e. The lowest BCUT2D eigenvalue weighted by Crippen LogP contribution is -1.94. The van der Waals surface area contributed by atoms with Crippen LogP contribution in [0, 0.1) is 0 Å². The van der Waals surface area contributed by atoms with Crippen molar-refractivity contribution in [3.05, 3.63) is 29.3 Å². The molecule has 13 heavy (non-hydrogen) atoms. The summed E-state index contributed by atoms with van der Waals surface area (Å²) in [6, 6.07) is 3.97. The van der Waals surface area contributed by atoms with Crippen LogP contribution in [0.2, 0.25) is 0 Å². The molecular formula is C12H18O. The van der Waals surface area contributed by atoms with Crippen LogP contribution in [0.25, 0.3) is 0 Å². The van der Waals surface area contributed by atoms with Gasteiger partial charge in [-0.15, -0.1) is 0 Å². The summed E-state index contributed by atoms with van der Waals surface area (Å²) in [7, 11) is 0. The van der Waals surface area contributed by atoms with Crippen molar-refractivity contribution in [2.75, 3.05) is 0 Å². The van der Waals surface area contributed by atoms with Crippen molar-refractivity contribution < 1.29 is 6.48 Å². The van der Waals surface area contributed by atoms with E-state index in [0.717, 1.165) is 11.1 Å². The molecule has 0 radical (unpaired) electrons. The van der Waals surface area contributed by atoms with Crippen molar-refractivity contribution in [3.8, 4) is 5.75 Å². The SMILES string of the molecule is [2H]c1cc(C(C)C)c(O)c(C(C)C)c1. The van der Waals surface area contributed by atoms with E-state index in [0.29, 0.717) is 11.8 Å². The summed E-state index contributed by atoms with van der Waals surface area (Å²) in [5.74, 6) is 0.890. The standard InChI is InChI=1S/C12H18O/c1-8(2)10-6-5-7-11(9(3)4)12(10)13/h5-9,13H,1-4H3/i5D. The van der Waals surface area contributed by atoms with E-state index in [1.165, 1.54) is 0 Å². The molecule has 0 aliphatic carbocycles. The summed E-state index contributed by atoms with van der Waals surface area (Å²) in [5.41, 5.74) is 1.75. The van der Waals surface area contributed by atoms with E-state index in [9.17, 15) is 5.11 Å². The van der Waals surface area contributed by atoms with Crippen LogP contribution in [0.5, 0.6) is 5.75 Å². The highest BCUT2D eigenvalue weighted by Crippen LogP contribution is 2.32. The average molecular weight is 179 g/mol. The van der Waals surface area contributed by atoms with Gasteiger partial charge in [0.05, 0.1) is 1.37 Å². The van der Waals surface area contributed by atoms with Gasteiger partial charge >= 0.3 is 0 Å². The minimum atomic E-state index is 0.262. The lowest BCUT2D eigenvalue weighted by molar-refractivity contribution is 0.454. The van der Waals surface area contributed by atoms with Gasteiger partial charge < -0.3 is 5.11 Å². The van der Waals surface area contributed by atoms with Crippen LogP contribution in [0.4, 0.5) is 0 Å². The van der Waals surface area contributed by atoms with Gasteiger partial charge in [0.15, 0.2) is 0 Å². The lowest BCUT2D eigenvalue weighted by Gasteiger charge is -2.14. The van der Waals surface area contributed by atoms with Crippen molar-refractivity contribution in [2.45, 2.75) is 39.5 Å². The number of hydrogen-bond donors (Lipinski definition) is 1. The van der Waals surface area contributed by atoms with E-state index in [1.54, 1.807) is 12.1 Å². The first kappa shape index (κ1) is 8.61. The molecule has 0 fully saturated rings. The third-order valence-corrected chi connectivity index (χ3v) is 2.27. The first-order chi connectivity index (χ1) is 6.43. The van der Waals surface area contributed by atoms with Gasteiger partial charge in [0.2, 0.25) is 0 Å². The van der Waals surface area contributed by atoms with Gasteiger partial charge in [0.1, 0.15) is 5.75 Å². The van der Waals surface area contributed by atoms with Gasteiger partial charge in [-0.05, 0) is 23.0 Å². The lowest BCUT2D eigenvalue weighted by atomic mass is 9.94. The molecule has 1 nitrogen and oxygen atoms in total. The number of benzene rings is 1. The summed E-state index contributed by atoms with van der Waals surface area (Å²) in [5, 5.41) is 9.97. The zero-order valence-electron chi connectivity index (χ0n) is 9.76. The molecule has 0 heterocycles. The van der Waals surface area contributed by atoms with E-state index in [4.69, 9.17) is 1.37 Å². The van der Waals surface area contributed by atoms with E-state index in [2.05, 4.69) is 0 Å². The van der Waals surface area contributed by atoms with Crippen LogP contribution in [-0.2, 0) is 0 Å². The molecule has 0 saturated heterocycles. The van der Waals surface area contributed by atoms with Crippen molar-refractivity contribution in [1.29, 1.82) is 0 Å². The van der Waals surface area contributed by atoms with E-state index in [-0.39, 0.29) is 11.8 Å². The normalized spacial score (nSPS) is 12.3. The van der Waals surface area contributed by atoms with Gasteiger partial charge in [-0.2, -0.15) is 0 Å². The Morgan fingerprint density at radius 3 is 1.77 bits per heavy atom. The van der Waals surface area contributed by atoms with Gasteiger partial charge in [0.25, 0.3) is 0 Å². The summed E-state index contributed by atoms with van der Waals surface area (Å²) < 4.78 is 7.65. The second kappa shape index (κ2) is 3.82.